The standard InChI is InChI=1S/C14H27NO2/c1-11(12-6-7-12)8-15-9-13(16)10-17-14-4-2-3-5-14/h11-16H,2-10H2,1H3. The first-order chi connectivity index (χ1) is 8.25. The van der Waals surface area contributed by atoms with E-state index in [2.05, 4.69) is 12.2 Å². The van der Waals surface area contributed by atoms with Gasteiger partial charge in [-0.05, 0) is 44.1 Å². The molecule has 2 fully saturated rings. The average Bonchev–Trinajstić information content (AvgIpc) is 3.04. The predicted molar refractivity (Wildman–Crippen MR) is 69.0 cm³/mol. The largest absolute Gasteiger partial charge is 0.389 e. The second-order valence-corrected chi connectivity index (χ2v) is 5.87. The highest BCUT2D eigenvalue weighted by atomic mass is 16.5. The van der Waals surface area contributed by atoms with E-state index in [9.17, 15) is 5.11 Å². The van der Waals surface area contributed by atoms with Gasteiger partial charge in [-0.3, -0.25) is 0 Å². The number of hydrogen-bond donors (Lipinski definition) is 2. The SMILES string of the molecule is CC(CNCC(O)COC1CCCC1)C1CC1. The molecule has 0 spiro atoms. The fraction of sp³-hybridized carbons (Fsp3) is 1.00. The third-order valence-corrected chi connectivity index (χ3v) is 4.10. The van der Waals surface area contributed by atoms with Crippen molar-refractivity contribution in [2.45, 2.75) is 57.7 Å². The van der Waals surface area contributed by atoms with Gasteiger partial charge in [0.1, 0.15) is 0 Å². The Bertz CT molecular complexity index is 212. The lowest BCUT2D eigenvalue weighted by molar-refractivity contribution is -0.00562. The van der Waals surface area contributed by atoms with Crippen LogP contribution in [-0.2, 0) is 4.74 Å². The lowest BCUT2D eigenvalue weighted by atomic mass is 10.1. The summed E-state index contributed by atoms with van der Waals surface area (Å²) in [7, 11) is 0. The van der Waals surface area contributed by atoms with E-state index in [1.54, 1.807) is 0 Å². The van der Waals surface area contributed by atoms with Gasteiger partial charge < -0.3 is 15.2 Å². The molecule has 100 valence electrons. The molecule has 0 bridgehead atoms. The number of hydrogen-bond acceptors (Lipinski definition) is 3. The molecule has 3 nitrogen and oxygen atoms in total. The van der Waals surface area contributed by atoms with E-state index < -0.39 is 0 Å². The number of aliphatic hydroxyl groups excluding tert-OH is 1. The van der Waals surface area contributed by atoms with Gasteiger partial charge in [-0.25, -0.2) is 0 Å². The molecule has 0 amide bonds. The summed E-state index contributed by atoms with van der Waals surface area (Å²) in [4.78, 5) is 0. The Morgan fingerprint density at radius 1 is 1.18 bits per heavy atom. The van der Waals surface area contributed by atoms with Crippen molar-refractivity contribution in [3.63, 3.8) is 0 Å². The van der Waals surface area contributed by atoms with Crippen LogP contribution in [0.4, 0.5) is 0 Å². The zero-order chi connectivity index (χ0) is 12.1. The Morgan fingerprint density at radius 2 is 1.88 bits per heavy atom. The fourth-order valence-electron chi connectivity index (χ4n) is 2.67. The summed E-state index contributed by atoms with van der Waals surface area (Å²) >= 11 is 0. The third kappa shape index (κ3) is 4.94. The molecule has 0 heterocycles. The molecule has 2 saturated carbocycles. The third-order valence-electron chi connectivity index (χ3n) is 4.10. The van der Waals surface area contributed by atoms with Gasteiger partial charge in [-0.1, -0.05) is 19.8 Å². The van der Waals surface area contributed by atoms with Crippen molar-refractivity contribution in [1.29, 1.82) is 0 Å². The zero-order valence-electron chi connectivity index (χ0n) is 11.0. The molecular formula is C14H27NO2. The van der Waals surface area contributed by atoms with Crippen LogP contribution < -0.4 is 5.32 Å². The average molecular weight is 241 g/mol. The summed E-state index contributed by atoms with van der Waals surface area (Å²) in [5, 5.41) is 13.1. The summed E-state index contributed by atoms with van der Waals surface area (Å²) in [5.74, 6) is 1.70. The Kier molecular flexibility index (Phi) is 5.26. The van der Waals surface area contributed by atoms with Crippen molar-refractivity contribution in [1.82, 2.24) is 5.32 Å². The minimum absolute atomic E-state index is 0.345. The smallest absolute Gasteiger partial charge is 0.0897 e. The summed E-state index contributed by atoms with van der Waals surface area (Å²) < 4.78 is 5.69. The maximum atomic E-state index is 9.79. The normalized spacial score (nSPS) is 25.1. The van der Waals surface area contributed by atoms with Crippen LogP contribution in [-0.4, -0.2) is 37.0 Å². The van der Waals surface area contributed by atoms with Gasteiger partial charge in [-0.15, -0.1) is 0 Å². The van der Waals surface area contributed by atoms with E-state index in [0.717, 1.165) is 18.4 Å². The van der Waals surface area contributed by atoms with Crippen LogP contribution in [0.15, 0.2) is 0 Å². The van der Waals surface area contributed by atoms with E-state index in [0.29, 0.717) is 19.3 Å². The molecule has 2 rings (SSSR count). The second kappa shape index (κ2) is 6.72. The molecule has 0 saturated heterocycles. The number of rotatable bonds is 8. The maximum absolute atomic E-state index is 9.79. The first-order valence-electron chi connectivity index (χ1n) is 7.26. The minimum atomic E-state index is -0.345. The molecule has 2 aliphatic carbocycles. The van der Waals surface area contributed by atoms with Gasteiger partial charge in [0.25, 0.3) is 0 Å². The highest BCUT2D eigenvalue weighted by Gasteiger charge is 2.27. The molecule has 0 aromatic heterocycles. The number of aliphatic hydroxyl groups is 1. The lowest BCUT2D eigenvalue weighted by Gasteiger charge is -2.17. The monoisotopic (exact) mass is 241 g/mol. The van der Waals surface area contributed by atoms with Crippen LogP contribution >= 0.6 is 0 Å². The van der Waals surface area contributed by atoms with E-state index in [1.807, 2.05) is 0 Å². The Balaban J connectivity index is 1.46. The van der Waals surface area contributed by atoms with Crippen LogP contribution in [0.25, 0.3) is 0 Å². The topological polar surface area (TPSA) is 41.5 Å². The maximum Gasteiger partial charge on any atom is 0.0897 e. The van der Waals surface area contributed by atoms with Gasteiger partial charge in [0.05, 0.1) is 18.8 Å². The van der Waals surface area contributed by atoms with Gasteiger partial charge in [0, 0.05) is 6.54 Å². The van der Waals surface area contributed by atoms with E-state index in [4.69, 9.17) is 4.74 Å². The van der Waals surface area contributed by atoms with Crippen molar-refractivity contribution < 1.29 is 9.84 Å². The van der Waals surface area contributed by atoms with Gasteiger partial charge in [0.2, 0.25) is 0 Å². The van der Waals surface area contributed by atoms with E-state index in [1.165, 1.54) is 38.5 Å². The van der Waals surface area contributed by atoms with Crippen molar-refractivity contribution in [2.75, 3.05) is 19.7 Å². The second-order valence-electron chi connectivity index (χ2n) is 5.87. The van der Waals surface area contributed by atoms with Crippen molar-refractivity contribution in [3.05, 3.63) is 0 Å². The van der Waals surface area contributed by atoms with Gasteiger partial charge in [0.15, 0.2) is 0 Å². The van der Waals surface area contributed by atoms with Crippen LogP contribution in [0, 0.1) is 11.8 Å². The molecule has 3 heteroatoms. The lowest BCUT2D eigenvalue weighted by Crippen LogP contribution is -2.34. The molecule has 2 aliphatic rings. The molecule has 17 heavy (non-hydrogen) atoms. The highest BCUT2D eigenvalue weighted by Crippen LogP contribution is 2.35. The van der Waals surface area contributed by atoms with Gasteiger partial charge >= 0.3 is 0 Å². The summed E-state index contributed by atoms with van der Waals surface area (Å²) in [6, 6.07) is 0. The fourth-order valence-corrected chi connectivity index (χ4v) is 2.67. The summed E-state index contributed by atoms with van der Waals surface area (Å²) in [5.41, 5.74) is 0. The molecule has 2 N–H and O–H groups in total. The van der Waals surface area contributed by atoms with Gasteiger partial charge in [-0.2, -0.15) is 0 Å². The highest BCUT2D eigenvalue weighted by molar-refractivity contribution is 4.80. The number of nitrogens with one attached hydrogen (secondary N) is 1. The molecule has 0 radical (unpaired) electrons. The molecule has 2 atom stereocenters. The first kappa shape index (κ1) is 13.3. The molecule has 0 aliphatic heterocycles. The Labute approximate surface area is 105 Å². The molecule has 0 aromatic rings. The first-order valence-corrected chi connectivity index (χ1v) is 7.26. The van der Waals surface area contributed by atoms with Crippen molar-refractivity contribution in [3.8, 4) is 0 Å². The Hall–Kier alpha value is -0.120. The molecule has 2 unspecified atom stereocenters. The number of ether oxygens (including phenoxy) is 1. The Morgan fingerprint density at radius 3 is 2.53 bits per heavy atom. The predicted octanol–water partition coefficient (Wildman–Crippen LogP) is 1.94. The van der Waals surface area contributed by atoms with E-state index in [-0.39, 0.29) is 6.10 Å². The zero-order valence-corrected chi connectivity index (χ0v) is 11.0. The van der Waals surface area contributed by atoms with Crippen LogP contribution in [0.3, 0.4) is 0 Å². The molecule has 0 aromatic carbocycles. The summed E-state index contributed by atoms with van der Waals surface area (Å²) in [6.07, 6.45) is 7.80. The van der Waals surface area contributed by atoms with E-state index >= 15 is 0 Å². The van der Waals surface area contributed by atoms with Crippen LogP contribution in [0.2, 0.25) is 0 Å². The van der Waals surface area contributed by atoms with Crippen molar-refractivity contribution >= 4 is 0 Å². The van der Waals surface area contributed by atoms with Crippen molar-refractivity contribution in [2.24, 2.45) is 11.8 Å². The van der Waals surface area contributed by atoms with Crippen LogP contribution in [0.5, 0.6) is 0 Å². The summed E-state index contributed by atoms with van der Waals surface area (Å²) in [6.45, 7) is 4.50. The van der Waals surface area contributed by atoms with Crippen LogP contribution in [0.1, 0.15) is 45.4 Å². The molecular weight excluding hydrogens is 214 g/mol. The minimum Gasteiger partial charge on any atom is -0.389 e. The quantitative estimate of drug-likeness (QED) is 0.682.